The summed E-state index contributed by atoms with van der Waals surface area (Å²) in [5, 5.41) is 3.39. The van der Waals surface area contributed by atoms with Gasteiger partial charge in [-0.1, -0.05) is 30.3 Å². The van der Waals surface area contributed by atoms with E-state index < -0.39 is 0 Å². The van der Waals surface area contributed by atoms with Crippen molar-refractivity contribution in [1.29, 1.82) is 0 Å². The predicted octanol–water partition coefficient (Wildman–Crippen LogP) is 2.20. The van der Waals surface area contributed by atoms with E-state index in [1.807, 2.05) is 6.20 Å². The van der Waals surface area contributed by atoms with Crippen molar-refractivity contribution in [1.82, 2.24) is 19.9 Å². The second kappa shape index (κ2) is 6.01. The van der Waals surface area contributed by atoms with Gasteiger partial charge in [0.2, 0.25) is 0 Å². The van der Waals surface area contributed by atoms with E-state index in [-0.39, 0.29) is 0 Å². The van der Waals surface area contributed by atoms with Crippen molar-refractivity contribution < 1.29 is 0 Å². The highest BCUT2D eigenvalue weighted by Gasteiger charge is 2.18. The number of rotatable bonds is 3. The average molecular weight is 307 g/mol. The maximum atomic E-state index is 4.82. The molecule has 0 spiro atoms. The van der Waals surface area contributed by atoms with Crippen LogP contribution in [0.3, 0.4) is 0 Å². The second-order valence-corrected chi connectivity index (χ2v) is 5.97. The Kier molecular flexibility index (Phi) is 3.71. The summed E-state index contributed by atoms with van der Waals surface area (Å²) in [5.41, 5.74) is 3.47. The molecule has 118 valence electrons. The first-order chi connectivity index (χ1) is 11.3. The van der Waals surface area contributed by atoms with Gasteiger partial charge in [0.1, 0.15) is 11.3 Å². The first kappa shape index (κ1) is 14.2. The first-order valence-corrected chi connectivity index (χ1v) is 8.14. The van der Waals surface area contributed by atoms with Crippen LogP contribution in [-0.2, 0) is 6.54 Å². The summed E-state index contributed by atoms with van der Waals surface area (Å²) in [5.74, 6) is 2.05. The number of hydrogen-bond donors (Lipinski definition) is 1. The van der Waals surface area contributed by atoms with E-state index in [0.29, 0.717) is 0 Å². The van der Waals surface area contributed by atoms with Gasteiger partial charge in [0.25, 0.3) is 0 Å². The highest BCUT2D eigenvalue weighted by Crippen LogP contribution is 2.25. The Morgan fingerprint density at radius 2 is 1.87 bits per heavy atom. The zero-order valence-corrected chi connectivity index (χ0v) is 13.4. The summed E-state index contributed by atoms with van der Waals surface area (Å²) in [7, 11) is 0. The van der Waals surface area contributed by atoms with E-state index >= 15 is 0 Å². The van der Waals surface area contributed by atoms with E-state index in [1.165, 1.54) is 5.56 Å². The predicted molar refractivity (Wildman–Crippen MR) is 92.9 cm³/mol. The fourth-order valence-corrected chi connectivity index (χ4v) is 3.23. The van der Waals surface area contributed by atoms with Crippen LogP contribution in [0.1, 0.15) is 11.4 Å². The number of piperazine rings is 1. The molecule has 0 atom stereocenters. The molecule has 0 bridgehead atoms. The molecule has 2 aromatic heterocycles. The minimum absolute atomic E-state index is 0.841. The Morgan fingerprint density at radius 1 is 1.09 bits per heavy atom. The Morgan fingerprint density at radius 3 is 2.65 bits per heavy atom. The Labute approximate surface area is 136 Å². The minimum atomic E-state index is 0.841. The Balaban J connectivity index is 1.76. The van der Waals surface area contributed by atoms with Gasteiger partial charge in [0.05, 0.1) is 5.52 Å². The van der Waals surface area contributed by atoms with Crippen LogP contribution >= 0.6 is 0 Å². The van der Waals surface area contributed by atoms with Crippen molar-refractivity contribution in [2.24, 2.45) is 0 Å². The van der Waals surface area contributed by atoms with Crippen LogP contribution in [0, 0.1) is 6.92 Å². The van der Waals surface area contributed by atoms with E-state index in [4.69, 9.17) is 4.98 Å². The number of hydrogen-bond acceptors (Lipinski definition) is 4. The van der Waals surface area contributed by atoms with E-state index in [0.717, 1.165) is 55.4 Å². The van der Waals surface area contributed by atoms with Crippen LogP contribution in [0.2, 0.25) is 0 Å². The normalized spacial score (nSPS) is 15.3. The third-order valence-electron chi connectivity index (χ3n) is 4.44. The van der Waals surface area contributed by atoms with Gasteiger partial charge < -0.3 is 14.8 Å². The fourth-order valence-electron chi connectivity index (χ4n) is 3.23. The molecule has 1 aliphatic rings. The molecule has 0 radical (unpaired) electrons. The number of benzene rings is 1. The van der Waals surface area contributed by atoms with E-state index in [2.05, 4.69) is 63.1 Å². The number of nitrogens with one attached hydrogen (secondary N) is 1. The number of aryl methyl sites for hydroxylation is 1. The third-order valence-corrected chi connectivity index (χ3v) is 4.44. The molecule has 1 N–H and O–H groups in total. The van der Waals surface area contributed by atoms with Crippen LogP contribution < -0.4 is 10.2 Å². The van der Waals surface area contributed by atoms with Gasteiger partial charge in [-0.3, -0.25) is 0 Å². The lowest BCUT2D eigenvalue weighted by molar-refractivity contribution is 0.586. The van der Waals surface area contributed by atoms with Crippen LogP contribution in [0.15, 0.2) is 42.6 Å². The Hall–Kier alpha value is -2.40. The highest BCUT2D eigenvalue weighted by molar-refractivity contribution is 5.87. The largest absolute Gasteiger partial charge is 0.352 e. The van der Waals surface area contributed by atoms with Crippen molar-refractivity contribution >= 4 is 16.9 Å². The lowest BCUT2D eigenvalue weighted by Crippen LogP contribution is -2.44. The van der Waals surface area contributed by atoms with Gasteiger partial charge in [0.15, 0.2) is 5.82 Å². The molecular weight excluding hydrogens is 286 g/mol. The average Bonchev–Trinajstić information content (AvgIpc) is 2.92. The molecule has 0 amide bonds. The zero-order valence-electron chi connectivity index (χ0n) is 13.4. The van der Waals surface area contributed by atoms with Crippen LogP contribution in [0.25, 0.3) is 11.0 Å². The molecule has 3 heterocycles. The van der Waals surface area contributed by atoms with E-state index in [9.17, 15) is 0 Å². The molecule has 0 saturated carbocycles. The zero-order chi connectivity index (χ0) is 15.6. The maximum Gasteiger partial charge on any atom is 0.156 e. The molecule has 23 heavy (non-hydrogen) atoms. The quantitative estimate of drug-likeness (QED) is 0.806. The molecular formula is C18H21N5. The van der Waals surface area contributed by atoms with Crippen LogP contribution in [0.5, 0.6) is 0 Å². The van der Waals surface area contributed by atoms with Crippen molar-refractivity contribution in [3.63, 3.8) is 0 Å². The van der Waals surface area contributed by atoms with Gasteiger partial charge in [-0.25, -0.2) is 9.97 Å². The van der Waals surface area contributed by atoms with Crippen molar-refractivity contribution in [2.75, 3.05) is 31.1 Å². The van der Waals surface area contributed by atoms with Gasteiger partial charge in [-0.2, -0.15) is 0 Å². The number of pyridine rings is 1. The molecule has 3 aromatic rings. The number of aromatic nitrogens is 3. The fraction of sp³-hybridized carbons (Fsp3) is 0.333. The lowest BCUT2D eigenvalue weighted by atomic mass is 10.2. The summed E-state index contributed by atoms with van der Waals surface area (Å²) in [6.45, 7) is 6.88. The summed E-state index contributed by atoms with van der Waals surface area (Å²) in [6.07, 6.45) is 1.91. The molecule has 1 saturated heterocycles. The number of fused-ring (bicyclic) bond motifs is 1. The summed E-state index contributed by atoms with van der Waals surface area (Å²) >= 11 is 0. The minimum Gasteiger partial charge on any atom is -0.352 e. The molecule has 1 aromatic carbocycles. The van der Waals surface area contributed by atoms with Crippen molar-refractivity contribution in [2.45, 2.75) is 13.5 Å². The van der Waals surface area contributed by atoms with Crippen LogP contribution in [0.4, 0.5) is 5.82 Å². The lowest BCUT2D eigenvalue weighted by Gasteiger charge is -2.28. The van der Waals surface area contributed by atoms with Crippen LogP contribution in [-0.4, -0.2) is 40.7 Å². The molecule has 1 aliphatic heterocycles. The topological polar surface area (TPSA) is 46.0 Å². The molecule has 5 heteroatoms. The third kappa shape index (κ3) is 2.68. The van der Waals surface area contributed by atoms with E-state index in [1.54, 1.807) is 0 Å². The number of imidazole rings is 1. The summed E-state index contributed by atoms with van der Waals surface area (Å²) < 4.78 is 2.28. The van der Waals surface area contributed by atoms with Crippen molar-refractivity contribution in [3.05, 3.63) is 54.0 Å². The standard InChI is InChI=1S/C18H21N5/c1-14-21-17-16(23(14)13-15-5-3-2-4-6-15)7-8-20-18(17)22-11-9-19-10-12-22/h2-8,19H,9-13H2,1H3. The monoisotopic (exact) mass is 307 g/mol. The van der Waals surface area contributed by atoms with Crippen molar-refractivity contribution in [3.8, 4) is 0 Å². The molecule has 5 nitrogen and oxygen atoms in total. The molecule has 0 aliphatic carbocycles. The SMILES string of the molecule is Cc1nc2c(N3CCNCC3)nccc2n1Cc1ccccc1. The number of nitrogens with zero attached hydrogens (tertiary/aromatic N) is 4. The maximum absolute atomic E-state index is 4.82. The van der Waals surface area contributed by atoms with Gasteiger partial charge >= 0.3 is 0 Å². The Bertz CT molecular complexity index is 803. The molecule has 1 fully saturated rings. The first-order valence-electron chi connectivity index (χ1n) is 8.14. The second-order valence-electron chi connectivity index (χ2n) is 5.97. The summed E-state index contributed by atoms with van der Waals surface area (Å²) in [6, 6.07) is 12.6. The van der Waals surface area contributed by atoms with Gasteiger partial charge in [0, 0.05) is 38.9 Å². The highest BCUT2D eigenvalue weighted by atomic mass is 15.2. The molecule has 4 rings (SSSR count). The van der Waals surface area contributed by atoms with Gasteiger partial charge in [-0.05, 0) is 18.6 Å². The van der Waals surface area contributed by atoms with Gasteiger partial charge in [-0.15, -0.1) is 0 Å². The molecule has 0 unspecified atom stereocenters. The number of anilines is 1. The summed E-state index contributed by atoms with van der Waals surface area (Å²) in [4.78, 5) is 11.8. The smallest absolute Gasteiger partial charge is 0.156 e.